The average molecular weight is 340 g/mol. The minimum atomic E-state index is -3.58. The van der Waals surface area contributed by atoms with E-state index in [2.05, 4.69) is 18.6 Å². The van der Waals surface area contributed by atoms with Gasteiger partial charge in [-0.1, -0.05) is 26.0 Å². The molecule has 128 valence electrons. The third-order valence-electron chi connectivity index (χ3n) is 4.30. The highest BCUT2D eigenvalue weighted by Gasteiger charge is 2.30. The number of amides is 1. The second kappa shape index (κ2) is 7.42. The number of nitrogens with two attached hydrogens (primary N) is 1. The molecular formula is C16H24N2O4S. The summed E-state index contributed by atoms with van der Waals surface area (Å²) >= 11 is 0. The van der Waals surface area contributed by atoms with Crippen molar-refractivity contribution >= 4 is 15.9 Å². The minimum Gasteiger partial charge on any atom is -0.367 e. The summed E-state index contributed by atoms with van der Waals surface area (Å²) in [7, 11) is -3.58. The number of hydrogen-bond acceptors (Lipinski definition) is 4. The molecule has 3 atom stereocenters. The molecule has 7 heteroatoms. The van der Waals surface area contributed by atoms with Crippen LogP contribution in [0.3, 0.4) is 0 Å². The van der Waals surface area contributed by atoms with Crippen LogP contribution in [0, 0.1) is 0 Å². The summed E-state index contributed by atoms with van der Waals surface area (Å²) in [6.07, 6.45) is 1.22. The standard InChI is InChI=1S/C16H24N2O4S/c1-3-11(2)12-4-7-14(8-5-12)23(20,21)18-10-13-6-9-15(22-13)16(17)19/h4-5,7-8,11,13,15,18H,3,6,9-10H2,1-2H3,(H2,17,19). The molecule has 1 fully saturated rings. The number of nitrogens with one attached hydrogen (secondary N) is 1. The molecule has 1 aromatic carbocycles. The van der Waals surface area contributed by atoms with Gasteiger partial charge in [0.05, 0.1) is 11.0 Å². The summed E-state index contributed by atoms with van der Waals surface area (Å²) < 4.78 is 32.5. The van der Waals surface area contributed by atoms with Gasteiger partial charge in [-0.2, -0.15) is 0 Å². The topological polar surface area (TPSA) is 98.5 Å². The van der Waals surface area contributed by atoms with Crippen LogP contribution in [-0.2, 0) is 19.6 Å². The molecule has 1 aliphatic heterocycles. The van der Waals surface area contributed by atoms with E-state index in [1.165, 1.54) is 0 Å². The summed E-state index contributed by atoms with van der Waals surface area (Å²) in [5, 5.41) is 0. The Morgan fingerprint density at radius 3 is 2.52 bits per heavy atom. The number of benzene rings is 1. The first-order chi connectivity index (χ1) is 10.8. The van der Waals surface area contributed by atoms with Crippen molar-refractivity contribution in [1.82, 2.24) is 4.72 Å². The van der Waals surface area contributed by atoms with Crippen LogP contribution in [0.1, 0.15) is 44.6 Å². The molecule has 2 rings (SSSR count). The lowest BCUT2D eigenvalue weighted by molar-refractivity contribution is -0.128. The van der Waals surface area contributed by atoms with Gasteiger partial charge in [0.15, 0.2) is 0 Å². The number of primary amides is 1. The van der Waals surface area contributed by atoms with Crippen molar-refractivity contribution in [2.24, 2.45) is 5.73 Å². The first-order valence-electron chi connectivity index (χ1n) is 7.88. The van der Waals surface area contributed by atoms with Crippen LogP contribution in [0.5, 0.6) is 0 Å². The Morgan fingerprint density at radius 2 is 2.00 bits per heavy atom. The molecule has 0 spiro atoms. The maximum Gasteiger partial charge on any atom is 0.246 e. The Bertz CT molecular complexity index is 643. The lowest BCUT2D eigenvalue weighted by Gasteiger charge is -2.14. The molecule has 0 saturated carbocycles. The van der Waals surface area contributed by atoms with Gasteiger partial charge in [-0.05, 0) is 42.9 Å². The predicted molar refractivity (Wildman–Crippen MR) is 87.4 cm³/mol. The Labute approximate surface area is 137 Å². The summed E-state index contributed by atoms with van der Waals surface area (Å²) in [6.45, 7) is 4.34. The first kappa shape index (κ1) is 17.9. The zero-order valence-corrected chi connectivity index (χ0v) is 14.3. The summed E-state index contributed by atoms with van der Waals surface area (Å²) in [4.78, 5) is 11.3. The monoisotopic (exact) mass is 340 g/mol. The van der Waals surface area contributed by atoms with Gasteiger partial charge >= 0.3 is 0 Å². The van der Waals surface area contributed by atoms with Gasteiger partial charge in [-0.3, -0.25) is 4.79 Å². The van der Waals surface area contributed by atoms with Crippen LogP contribution in [-0.4, -0.2) is 33.1 Å². The van der Waals surface area contributed by atoms with Crippen molar-refractivity contribution in [1.29, 1.82) is 0 Å². The fraction of sp³-hybridized carbons (Fsp3) is 0.562. The molecule has 1 aromatic rings. The number of hydrogen-bond donors (Lipinski definition) is 2. The van der Waals surface area contributed by atoms with E-state index in [0.717, 1.165) is 12.0 Å². The van der Waals surface area contributed by atoms with E-state index in [4.69, 9.17) is 10.5 Å². The molecule has 0 aliphatic carbocycles. The Morgan fingerprint density at radius 1 is 1.35 bits per heavy atom. The lowest BCUT2D eigenvalue weighted by Crippen LogP contribution is -2.34. The van der Waals surface area contributed by atoms with E-state index in [1.54, 1.807) is 12.1 Å². The predicted octanol–water partition coefficient (Wildman–Crippen LogP) is 1.51. The fourth-order valence-electron chi connectivity index (χ4n) is 2.56. The number of carbonyl (C=O) groups is 1. The molecule has 1 aliphatic rings. The summed E-state index contributed by atoms with van der Waals surface area (Å²) in [6, 6.07) is 6.92. The maximum atomic E-state index is 12.3. The summed E-state index contributed by atoms with van der Waals surface area (Å²) in [5.74, 6) is -0.103. The molecule has 3 N–H and O–H groups in total. The molecule has 1 saturated heterocycles. The maximum absolute atomic E-state index is 12.3. The molecule has 23 heavy (non-hydrogen) atoms. The van der Waals surface area contributed by atoms with Crippen LogP contribution in [0.15, 0.2) is 29.2 Å². The highest BCUT2D eigenvalue weighted by Crippen LogP contribution is 2.21. The molecule has 0 radical (unpaired) electrons. The molecule has 0 aromatic heterocycles. The first-order valence-corrected chi connectivity index (χ1v) is 9.36. The van der Waals surface area contributed by atoms with E-state index in [9.17, 15) is 13.2 Å². The zero-order valence-electron chi connectivity index (χ0n) is 13.5. The quantitative estimate of drug-likeness (QED) is 0.786. The SMILES string of the molecule is CCC(C)c1ccc(S(=O)(=O)NCC2CCC(C(N)=O)O2)cc1. The third kappa shape index (κ3) is 4.53. The van der Waals surface area contributed by atoms with Gasteiger partial charge in [-0.25, -0.2) is 13.1 Å². The Balaban J connectivity index is 1.95. The van der Waals surface area contributed by atoms with Crippen molar-refractivity contribution in [2.45, 2.75) is 56.1 Å². The molecule has 1 heterocycles. The van der Waals surface area contributed by atoms with Gasteiger partial charge in [0.1, 0.15) is 6.10 Å². The Hall–Kier alpha value is -1.44. The van der Waals surface area contributed by atoms with Crippen molar-refractivity contribution in [2.75, 3.05) is 6.54 Å². The minimum absolute atomic E-state index is 0.138. The van der Waals surface area contributed by atoms with Crippen molar-refractivity contribution in [3.63, 3.8) is 0 Å². The summed E-state index contributed by atoms with van der Waals surface area (Å²) in [5.41, 5.74) is 6.30. The van der Waals surface area contributed by atoms with Gasteiger partial charge in [-0.15, -0.1) is 0 Å². The lowest BCUT2D eigenvalue weighted by atomic mass is 9.99. The van der Waals surface area contributed by atoms with Gasteiger partial charge in [0.25, 0.3) is 0 Å². The Kier molecular flexibility index (Phi) is 5.78. The van der Waals surface area contributed by atoms with E-state index in [1.807, 2.05) is 12.1 Å². The second-order valence-corrected chi connectivity index (χ2v) is 7.72. The third-order valence-corrected chi connectivity index (χ3v) is 5.74. The van der Waals surface area contributed by atoms with Crippen molar-refractivity contribution in [3.8, 4) is 0 Å². The van der Waals surface area contributed by atoms with Crippen molar-refractivity contribution in [3.05, 3.63) is 29.8 Å². The van der Waals surface area contributed by atoms with E-state index in [-0.39, 0.29) is 17.5 Å². The molecule has 1 amide bonds. The number of ether oxygens (including phenoxy) is 1. The smallest absolute Gasteiger partial charge is 0.246 e. The number of carbonyl (C=O) groups excluding carboxylic acids is 1. The normalized spacial score (nSPS) is 22.9. The molecule has 6 nitrogen and oxygen atoms in total. The molecule has 3 unspecified atom stereocenters. The average Bonchev–Trinajstić information content (AvgIpc) is 3.02. The van der Waals surface area contributed by atoms with Gasteiger partial charge < -0.3 is 10.5 Å². The van der Waals surface area contributed by atoms with Crippen LogP contribution < -0.4 is 10.5 Å². The number of rotatable bonds is 7. The largest absolute Gasteiger partial charge is 0.367 e. The van der Waals surface area contributed by atoms with E-state index >= 15 is 0 Å². The van der Waals surface area contributed by atoms with Gasteiger partial charge in [0.2, 0.25) is 15.9 Å². The highest BCUT2D eigenvalue weighted by atomic mass is 32.2. The zero-order chi connectivity index (χ0) is 17.0. The van der Waals surface area contributed by atoms with Crippen LogP contribution in [0.4, 0.5) is 0 Å². The fourth-order valence-corrected chi connectivity index (χ4v) is 3.63. The van der Waals surface area contributed by atoms with Gasteiger partial charge in [0, 0.05) is 6.54 Å². The van der Waals surface area contributed by atoms with E-state index in [0.29, 0.717) is 18.8 Å². The highest BCUT2D eigenvalue weighted by molar-refractivity contribution is 7.89. The van der Waals surface area contributed by atoms with Crippen LogP contribution >= 0.6 is 0 Å². The van der Waals surface area contributed by atoms with Crippen molar-refractivity contribution < 1.29 is 17.9 Å². The van der Waals surface area contributed by atoms with Crippen LogP contribution in [0.25, 0.3) is 0 Å². The molecular weight excluding hydrogens is 316 g/mol. The van der Waals surface area contributed by atoms with E-state index < -0.39 is 22.0 Å². The molecule has 0 bridgehead atoms. The van der Waals surface area contributed by atoms with Crippen LogP contribution in [0.2, 0.25) is 0 Å². The number of sulfonamides is 1. The second-order valence-electron chi connectivity index (χ2n) is 5.96.